The highest BCUT2D eigenvalue weighted by Gasteiger charge is 2.40. The van der Waals surface area contributed by atoms with Gasteiger partial charge in [-0.1, -0.05) is 61.7 Å². The number of aryl methyl sites for hydroxylation is 1. The molecular weight excluding hydrogens is 426 g/mol. The molecule has 0 spiro atoms. The maximum atomic E-state index is 13.8. The van der Waals surface area contributed by atoms with Gasteiger partial charge in [-0.25, -0.2) is 0 Å². The zero-order valence-electron chi connectivity index (χ0n) is 19.7. The van der Waals surface area contributed by atoms with Gasteiger partial charge in [-0.15, -0.1) is 0 Å². The Balaban J connectivity index is 1.55. The molecule has 3 aromatic rings. The second kappa shape index (κ2) is 11.0. The molecule has 2 aromatic carbocycles. The van der Waals surface area contributed by atoms with E-state index in [1.54, 1.807) is 7.11 Å². The minimum atomic E-state index is -0.416. The van der Waals surface area contributed by atoms with E-state index >= 15 is 0 Å². The normalized spacial score (nSPS) is 15.2. The van der Waals surface area contributed by atoms with Crippen LogP contribution >= 0.6 is 11.8 Å². The SMILES string of the molecule is COc1ccc(C2(C(=O)Cc3cccc(-c4ccc(CCSC)cc4)n3)CCCCC2)cc1. The molecule has 1 saturated carbocycles. The zero-order chi connectivity index (χ0) is 23.1. The lowest BCUT2D eigenvalue weighted by Gasteiger charge is -2.36. The Kier molecular flexibility index (Phi) is 7.87. The molecule has 3 nitrogen and oxygen atoms in total. The van der Waals surface area contributed by atoms with Crippen molar-refractivity contribution in [3.05, 3.63) is 83.6 Å². The molecule has 1 heterocycles. The van der Waals surface area contributed by atoms with Crippen LogP contribution in [0.25, 0.3) is 11.3 Å². The van der Waals surface area contributed by atoms with Crippen molar-refractivity contribution in [3.63, 3.8) is 0 Å². The summed E-state index contributed by atoms with van der Waals surface area (Å²) in [5, 5.41) is 0. The molecule has 0 radical (unpaired) electrons. The Bertz CT molecular complexity index is 1050. The van der Waals surface area contributed by atoms with Gasteiger partial charge in [0, 0.05) is 17.7 Å². The lowest BCUT2D eigenvalue weighted by Crippen LogP contribution is -2.39. The lowest BCUT2D eigenvalue weighted by atomic mass is 9.66. The highest BCUT2D eigenvalue weighted by atomic mass is 32.2. The first-order chi connectivity index (χ1) is 16.1. The highest BCUT2D eigenvalue weighted by Crippen LogP contribution is 2.41. The fourth-order valence-corrected chi connectivity index (χ4v) is 5.37. The number of Topliss-reactive ketones (excluding diaryl/α,β-unsaturated/α-hetero) is 1. The van der Waals surface area contributed by atoms with Crippen LogP contribution in [0.1, 0.15) is 48.9 Å². The van der Waals surface area contributed by atoms with E-state index < -0.39 is 5.41 Å². The second-order valence-corrected chi connectivity index (χ2v) is 9.91. The van der Waals surface area contributed by atoms with Crippen LogP contribution in [0.3, 0.4) is 0 Å². The molecule has 1 aliphatic rings. The Morgan fingerprint density at radius 1 is 0.970 bits per heavy atom. The van der Waals surface area contributed by atoms with E-state index in [2.05, 4.69) is 42.7 Å². The number of carbonyl (C=O) groups excluding carboxylic acids is 1. The van der Waals surface area contributed by atoms with Crippen molar-refractivity contribution in [2.75, 3.05) is 19.1 Å². The van der Waals surface area contributed by atoms with Crippen molar-refractivity contribution in [2.45, 2.75) is 50.4 Å². The molecule has 1 fully saturated rings. The van der Waals surface area contributed by atoms with Crippen molar-refractivity contribution in [1.82, 2.24) is 4.98 Å². The number of aromatic nitrogens is 1. The number of methoxy groups -OCH3 is 1. The monoisotopic (exact) mass is 459 g/mol. The van der Waals surface area contributed by atoms with Crippen LogP contribution in [-0.2, 0) is 23.1 Å². The molecule has 4 rings (SSSR count). The standard InChI is InChI=1S/C29H33NO2S/c1-32-26-15-13-24(14-16-26)29(18-4-3-5-19-29)28(31)21-25-7-6-8-27(30-25)23-11-9-22(10-12-23)17-20-33-2/h6-16H,3-5,17-21H2,1-2H3. The molecule has 33 heavy (non-hydrogen) atoms. The smallest absolute Gasteiger partial charge is 0.149 e. The van der Waals surface area contributed by atoms with Gasteiger partial charge in [0.05, 0.1) is 18.2 Å². The third kappa shape index (κ3) is 5.50. The number of rotatable bonds is 9. The molecule has 1 aromatic heterocycles. The van der Waals surface area contributed by atoms with E-state index in [1.807, 2.05) is 42.1 Å². The van der Waals surface area contributed by atoms with Crippen molar-refractivity contribution in [1.29, 1.82) is 0 Å². The molecule has 0 amide bonds. The number of hydrogen-bond donors (Lipinski definition) is 0. The maximum Gasteiger partial charge on any atom is 0.149 e. The molecule has 1 aliphatic carbocycles. The Morgan fingerprint density at radius 3 is 2.36 bits per heavy atom. The number of hydrogen-bond acceptors (Lipinski definition) is 4. The van der Waals surface area contributed by atoms with Crippen molar-refractivity contribution in [2.24, 2.45) is 0 Å². The molecule has 4 heteroatoms. The number of nitrogens with zero attached hydrogens (tertiary/aromatic N) is 1. The summed E-state index contributed by atoms with van der Waals surface area (Å²) in [5.41, 5.74) is 4.92. The molecular formula is C29H33NO2S. The van der Waals surface area contributed by atoms with Gasteiger partial charge in [0.25, 0.3) is 0 Å². The van der Waals surface area contributed by atoms with Crippen LogP contribution in [0.5, 0.6) is 5.75 Å². The first-order valence-electron chi connectivity index (χ1n) is 11.9. The number of ether oxygens (including phenoxy) is 1. The quantitative estimate of drug-likeness (QED) is 0.358. The number of pyridine rings is 1. The number of benzene rings is 2. The Labute approximate surface area is 202 Å². The maximum absolute atomic E-state index is 13.8. The van der Waals surface area contributed by atoms with Crippen molar-refractivity contribution in [3.8, 4) is 17.0 Å². The molecule has 0 aliphatic heterocycles. The summed E-state index contributed by atoms with van der Waals surface area (Å²) in [4.78, 5) is 18.6. The molecule has 0 saturated heterocycles. The van der Waals surface area contributed by atoms with Gasteiger partial charge in [-0.3, -0.25) is 9.78 Å². The fraction of sp³-hybridized carbons (Fsp3) is 0.379. The Morgan fingerprint density at radius 2 is 1.70 bits per heavy atom. The summed E-state index contributed by atoms with van der Waals surface area (Å²) in [6.45, 7) is 0. The largest absolute Gasteiger partial charge is 0.497 e. The third-order valence-corrected chi connectivity index (χ3v) is 7.49. The van der Waals surface area contributed by atoms with Crippen LogP contribution in [0.4, 0.5) is 0 Å². The molecule has 0 bridgehead atoms. The topological polar surface area (TPSA) is 39.2 Å². The van der Waals surface area contributed by atoms with Gasteiger partial charge in [0.1, 0.15) is 11.5 Å². The lowest BCUT2D eigenvalue weighted by molar-refractivity contribution is -0.125. The van der Waals surface area contributed by atoms with E-state index in [1.165, 1.54) is 12.0 Å². The predicted octanol–water partition coefficient (Wildman–Crippen LogP) is 6.68. The summed E-state index contributed by atoms with van der Waals surface area (Å²) in [6.07, 6.45) is 8.79. The first-order valence-corrected chi connectivity index (χ1v) is 13.3. The van der Waals surface area contributed by atoms with E-state index in [-0.39, 0.29) is 5.78 Å². The van der Waals surface area contributed by atoms with Crippen molar-refractivity contribution < 1.29 is 9.53 Å². The second-order valence-electron chi connectivity index (χ2n) is 8.93. The van der Waals surface area contributed by atoms with Crippen LogP contribution < -0.4 is 4.74 Å². The van der Waals surface area contributed by atoms with Gasteiger partial charge in [-0.2, -0.15) is 11.8 Å². The van der Waals surface area contributed by atoms with Gasteiger partial charge in [0.15, 0.2) is 0 Å². The predicted molar refractivity (Wildman–Crippen MR) is 138 cm³/mol. The first kappa shape index (κ1) is 23.6. The van der Waals surface area contributed by atoms with E-state index in [4.69, 9.17) is 9.72 Å². The number of thioether (sulfide) groups is 1. The summed E-state index contributed by atoms with van der Waals surface area (Å²) in [5.74, 6) is 2.24. The highest BCUT2D eigenvalue weighted by molar-refractivity contribution is 7.98. The fourth-order valence-electron chi connectivity index (χ4n) is 4.93. The molecule has 0 atom stereocenters. The van der Waals surface area contributed by atoms with Gasteiger partial charge >= 0.3 is 0 Å². The number of ketones is 1. The molecule has 0 unspecified atom stereocenters. The molecule has 172 valence electrons. The number of carbonyl (C=O) groups is 1. The Hall–Kier alpha value is -2.59. The van der Waals surface area contributed by atoms with Gasteiger partial charge < -0.3 is 4.74 Å². The van der Waals surface area contributed by atoms with E-state index in [0.717, 1.165) is 66.1 Å². The van der Waals surface area contributed by atoms with E-state index in [0.29, 0.717) is 6.42 Å². The van der Waals surface area contributed by atoms with Crippen LogP contribution in [0, 0.1) is 0 Å². The summed E-state index contributed by atoms with van der Waals surface area (Å²) in [6, 6.07) is 22.8. The minimum absolute atomic E-state index is 0.282. The summed E-state index contributed by atoms with van der Waals surface area (Å²) >= 11 is 1.87. The average molecular weight is 460 g/mol. The molecule has 0 N–H and O–H groups in total. The van der Waals surface area contributed by atoms with Gasteiger partial charge in [-0.05, 0) is 66.7 Å². The van der Waals surface area contributed by atoms with Crippen LogP contribution in [0.15, 0.2) is 66.7 Å². The van der Waals surface area contributed by atoms with Gasteiger partial charge in [0.2, 0.25) is 0 Å². The zero-order valence-corrected chi connectivity index (χ0v) is 20.5. The minimum Gasteiger partial charge on any atom is -0.497 e. The van der Waals surface area contributed by atoms with Crippen LogP contribution in [-0.4, -0.2) is 29.9 Å². The third-order valence-electron chi connectivity index (χ3n) is 6.88. The summed E-state index contributed by atoms with van der Waals surface area (Å²) < 4.78 is 5.33. The van der Waals surface area contributed by atoms with Crippen molar-refractivity contribution >= 4 is 17.5 Å². The summed E-state index contributed by atoms with van der Waals surface area (Å²) in [7, 11) is 1.67. The average Bonchev–Trinajstić information content (AvgIpc) is 2.88. The van der Waals surface area contributed by atoms with Crippen LogP contribution in [0.2, 0.25) is 0 Å². The van der Waals surface area contributed by atoms with E-state index in [9.17, 15) is 4.79 Å².